The summed E-state index contributed by atoms with van der Waals surface area (Å²) in [4.78, 5) is 29.6. The zero-order valence-corrected chi connectivity index (χ0v) is 19.1. The summed E-state index contributed by atoms with van der Waals surface area (Å²) in [6.07, 6.45) is 0. The van der Waals surface area contributed by atoms with E-state index in [4.69, 9.17) is 9.57 Å². The zero-order chi connectivity index (χ0) is 24.7. The molecule has 3 rings (SSSR count). The number of nitrogens with one attached hydrogen (secondary N) is 2. The van der Waals surface area contributed by atoms with E-state index >= 15 is 0 Å². The molecule has 0 saturated heterocycles. The zero-order valence-electron chi connectivity index (χ0n) is 18.3. The molecule has 0 radical (unpaired) electrons. The lowest BCUT2D eigenvalue weighted by molar-refractivity contribution is -0.118. The number of amides is 2. The number of carbonyl (C=O) groups is 2. The second kappa shape index (κ2) is 10.9. The van der Waals surface area contributed by atoms with Crippen molar-refractivity contribution in [3.05, 3.63) is 84.2 Å². The normalized spacial score (nSPS) is 11.2. The minimum Gasteiger partial charge on any atom is -0.483 e. The first-order chi connectivity index (χ1) is 16.2. The van der Waals surface area contributed by atoms with Crippen LogP contribution in [0.1, 0.15) is 10.4 Å². The van der Waals surface area contributed by atoms with Gasteiger partial charge in [0.1, 0.15) is 11.6 Å². The summed E-state index contributed by atoms with van der Waals surface area (Å²) in [6.45, 7) is -0.446. The summed E-state index contributed by atoms with van der Waals surface area (Å²) in [5.41, 5.74) is 0.511. The van der Waals surface area contributed by atoms with Gasteiger partial charge in [0.15, 0.2) is 6.61 Å². The Balaban J connectivity index is 1.66. The van der Waals surface area contributed by atoms with Crippen LogP contribution in [0.5, 0.6) is 5.75 Å². The largest absolute Gasteiger partial charge is 0.483 e. The maximum absolute atomic E-state index is 13.7. The van der Waals surface area contributed by atoms with Crippen molar-refractivity contribution in [3.8, 4) is 5.75 Å². The number of benzene rings is 3. The molecule has 34 heavy (non-hydrogen) atoms. The van der Waals surface area contributed by atoms with Gasteiger partial charge in [0.25, 0.3) is 21.8 Å². The third-order valence-corrected chi connectivity index (χ3v) is 6.34. The van der Waals surface area contributed by atoms with Crippen molar-refractivity contribution >= 4 is 33.2 Å². The molecule has 11 heteroatoms. The predicted octanol–water partition coefficient (Wildman–Crippen LogP) is 3.28. The molecule has 3 aromatic carbocycles. The minimum atomic E-state index is -3.82. The molecule has 0 aliphatic heterocycles. The SMILES string of the molecule is CON(C)S(=O)(=O)c1ccc(NC(=O)c2ccccc2OCC(=O)Nc2ccccc2F)cc1. The molecule has 0 atom stereocenters. The van der Waals surface area contributed by atoms with Crippen LogP contribution in [0.15, 0.2) is 77.7 Å². The van der Waals surface area contributed by atoms with E-state index in [2.05, 4.69) is 10.6 Å². The second-order valence-electron chi connectivity index (χ2n) is 6.89. The van der Waals surface area contributed by atoms with Gasteiger partial charge in [-0.05, 0) is 48.5 Å². The Labute approximate surface area is 196 Å². The summed E-state index contributed by atoms with van der Waals surface area (Å²) in [7, 11) is -1.32. The van der Waals surface area contributed by atoms with Crippen LogP contribution >= 0.6 is 0 Å². The highest BCUT2D eigenvalue weighted by molar-refractivity contribution is 7.89. The summed E-state index contributed by atoms with van der Waals surface area (Å²) in [5, 5.41) is 5.04. The van der Waals surface area contributed by atoms with Crippen molar-refractivity contribution in [3.63, 3.8) is 0 Å². The Morgan fingerprint density at radius 3 is 2.26 bits per heavy atom. The lowest BCUT2D eigenvalue weighted by Crippen LogP contribution is -2.25. The fraction of sp³-hybridized carbons (Fsp3) is 0.130. The average molecular weight is 488 g/mol. The Morgan fingerprint density at radius 1 is 0.941 bits per heavy atom. The number of rotatable bonds is 9. The van der Waals surface area contributed by atoms with Gasteiger partial charge in [0, 0.05) is 12.7 Å². The molecule has 0 spiro atoms. The van der Waals surface area contributed by atoms with Gasteiger partial charge in [-0.1, -0.05) is 28.7 Å². The molecule has 0 fully saturated rings. The number of para-hydroxylation sites is 2. The van der Waals surface area contributed by atoms with Crippen LogP contribution in [-0.2, 0) is 19.7 Å². The van der Waals surface area contributed by atoms with E-state index in [0.717, 1.165) is 4.47 Å². The monoisotopic (exact) mass is 487 g/mol. The van der Waals surface area contributed by atoms with E-state index in [1.807, 2.05) is 0 Å². The number of sulfonamides is 1. The Kier molecular flexibility index (Phi) is 7.95. The number of hydrogen-bond donors (Lipinski definition) is 2. The second-order valence-corrected chi connectivity index (χ2v) is 8.82. The van der Waals surface area contributed by atoms with Crippen LogP contribution in [-0.4, -0.2) is 45.5 Å². The molecule has 0 aromatic heterocycles. The highest BCUT2D eigenvalue weighted by Gasteiger charge is 2.21. The van der Waals surface area contributed by atoms with E-state index in [-0.39, 0.29) is 21.9 Å². The fourth-order valence-electron chi connectivity index (χ4n) is 2.83. The maximum atomic E-state index is 13.7. The third kappa shape index (κ3) is 5.95. The molecule has 2 amide bonds. The fourth-order valence-corrected chi connectivity index (χ4v) is 3.80. The highest BCUT2D eigenvalue weighted by atomic mass is 32.2. The highest BCUT2D eigenvalue weighted by Crippen LogP contribution is 2.22. The molecular formula is C23H22FN3O6S. The number of hydroxylamine groups is 1. The third-order valence-electron chi connectivity index (χ3n) is 4.64. The molecule has 178 valence electrons. The van der Waals surface area contributed by atoms with Crippen molar-refractivity contribution in [2.24, 2.45) is 0 Å². The molecule has 9 nitrogen and oxygen atoms in total. The number of ether oxygens (including phenoxy) is 1. The van der Waals surface area contributed by atoms with E-state index < -0.39 is 34.3 Å². The van der Waals surface area contributed by atoms with Crippen LogP contribution < -0.4 is 15.4 Å². The smallest absolute Gasteiger partial charge is 0.264 e. The van der Waals surface area contributed by atoms with Gasteiger partial charge < -0.3 is 15.4 Å². The quantitative estimate of drug-likeness (QED) is 0.448. The number of nitrogens with zero attached hydrogens (tertiary/aromatic N) is 1. The van der Waals surface area contributed by atoms with Crippen LogP contribution in [0.4, 0.5) is 15.8 Å². The molecular weight excluding hydrogens is 465 g/mol. The first kappa shape index (κ1) is 24.8. The van der Waals surface area contributed by atoms with Crippen LogP contribution in [0, 0.1) is 5.82 Å². The Bertz CT molecular complexity index is 1280. The van der Waals surface area contributed by atoms with E-state index in [1.165, 1.54) is 68.8 Å². The van der Waals surface area contributed by atoms with Crippen LogP contribution in [0.2, 0.25) is 0 Å². The van der Waals surface area contributed by atoms with E-state index in [9.17, 15) is 22.4 Å². The summed E-state index contributed by atoms with van der Waals surface area (Å²) >= 11 is 0. The standard InChI is InChI=1S/C23H22FN3O6S/c1-27(32-2)34(30,31)17-13-11-16(12-14-17)25-23(29)18-7-3-6-10-21(18)33-15-22(28)26-20-9-5-4-8-19(20)24/h3-14H,15H2,1-2H3,(H,25,29)(H,26,28). The molecule has 2 N–H and O–H groups in total. The van der Waals surface area contributed by atoms with Crippen molar-refractivity contribution < 1.29 is 32.0 Å². The van der Waals surface area contributed by atoms with E-state index in [1.54, 1.807) is 18.2 Å². The van der Waals surface area contributed by atoms with E-state index in [0.29, 0.717) is 5.69 Å². The predicted molar refractivity (Wildman–Crippen MR) is 123 cm³/mol. The molecule has 0 aliphatic rings. The first-order valence-corrected chi connectivity index (χ1v) is 11.4. The van der Waals surface area contributed by atoms with Gasteiger partial charge in [-0.15, -0.1) is 0 Å². The number of anilines is 2. The van der Waals surface area contributed by atoms with Gasteiger partial charge in [0.2, 0.25) is 0 Å². The van der Waals surface area contributed by atoms with Crippen LogP contribution in [0.25, 0.3) is 0 Å². The van der Waals surface area contributed by atoms with Gasteiger partial charge in [0.05, 0.1) is 23.3 Å². The molecule has 3 aromatic rings. The lowest BCUT2D eigenvalue weighted by Gasteiger charge is -2.15. The Morgan fingerprint density at radius 2 is 1.59 bits per heavy atom. The maximum Gasteiger partial charge on any atom is 0.264 e. The molecule has 0 heterocycles. The first-order valence-electron chi connectivity index (χ1n) is 9.93. The van der Waals surface area contributed by atoms with Crippen molar-refractivity contribution in [1.82, 2.24) is 4.47 Å². The number of hydrogen-bond acceptors (Lipinski definition) is 6. The summed E-state index contributed by atoms with van der Waals surface area (Å²) in [6, 6.07) is 17.5. The van der Waals surface area contributed by atoms with Crippen molar-refractivity contribution in [1.29, 1.82) is 0 Å². The average Bonchev–Trinajstić information content (AvgIpc) is 2.84. The van der Waals surface area contributed by atoms with Gasteiger partial charge >= 0.3 is 0 Å². The van der Waals surface area contributed by atoms with Gasteiger partial charge in [-0.3, -0.25) is 14.4 Å². The molecule has 0 aliphatic carbocycles. The van der Waals surface area contributed by atoms with Gasteiger partial charge in [-0.2, -0.15) is 0 Å². The topological polar surface area (TPSA) is 114 Å². The summed E-state index contributed by atoms with van der Waals surface area (Å²) in [5.74, 6) is -1.57. The molecule has 0 saturated carbocycles. The molecule has 0 bridgehead atoms. The summed E-state index contributed by atoms with van der Waals surface area (Å²) < 4.78 is 44.4. The van der Waals surface area contributed by atoms with Crippen molar-refractivity contribution in [2.45, 2.75) is 4.90 Å². The Hall–Kier alpha value is -3.80. The lowest BCUT2D eigenvalue weighted by atomic mass is 10.2. The van der Waals surface area contributed by atoms with Gasteiger partial charge in [-0.25, -0.2) is 12.8 Å². The van der Waals surface area contributed by atoms with Crippen LogP contribution in [0.3, 0.4) is 0 Å². The van der Waals surface area contributed by atoms with Crippen molar-refractivity contribution in [2.75, 3.05) is 31.4 Å². The minimum absolute atomic E-state index is 0.0144. The molecule has 0 unspecified atom stereocenters. The number of carbonyl (C=O) groups excluding carboxylic acids is 2. The number of halogens is 1.